The molecule has 0 aliphatic carbocycles. The van der Waals surface area contributed by atoms with E-state index in [0.29, 0.717) is 11.1 Å². The van der Waals surface area contributed by atoms with Crippen LogP contribution in [0.4, 0.5) is 5.82 Å². The van der Waals surface area contributed by atoms with Gasteiger partial charge in [0.15, 0.2) is 12.5 Å². The first-order valence-electron chi connectivity index (χ1n) is 9.55. The molecule has 2 aromatic carbocycles. The summed E-state index contributed by atoms with van der Waals surface area (Å²) in [6.07, 6.45) is -0.0659. The highest BCUT2D eigenvalue weighted by atomic mass is 16.7. The van der Waals surface area contributed by atoms with Gasteiger partial charge in [-0.2, -0.15) is 4.98 Å². The molecule has 158 valence electrons. The fourth-order valence-electron chi connectivity index (χ4n) is 2.96. The number of nitrogens with zero attached hydrogens (tertiary/aromatic N) is 2. The van der Waals surface area contributed by atoms with E-state index in [1.54, 1.807) is 60.7 Å². The summed E-state index contributed by atoms with van der Waals surface area (Å²) in [6.45, 7) is -0.0253. The number of hydrogen-bond acceptors (Lipinski definition) is 7. The lowest BCUT2D eigenvalue weighted by Crippen LogP contribution is -2.29. The van der Waals surface area contributed by atoms with Gasteiger partial charge in [0.05, 0.1) is 12.2 Å². The van der Waals surface area contributed by atoms with Gasteiger partial charge in [-0.05, 0) is 30.3 Å². The van der Waals surface area contributed by atoms with Crippen molar-refractivity contribution in [2.45, 2.75) is 12.5 Å². The van der Waals surface area contributed by atoms with Crippen molar-refractivity contribution >= 4 is 17.7 Å². The Balaban J connectivity index is 1.33. The summed E-state index contributed by atoms with van der Waals surface area (Å²) in [5.41, 5.74) is 0.265. The monoisotopic (exact) mass is 421 g/mol. The van der Waals surface area contributed by atoms with Crippen LogP contribution in [-0.2, 0) is 14.2 Å². The Labute approximate surface area is 177 Å². The Morgan fingerprint density at radius 3 is 2.39 bits per heavy atom. The number of rotatable bonds is 6. The lowest BCUT2D eigenvalue weighted by atomic mass is 10.2. The molecule has 0 saturated carbocycles. The number of benzene rings is 2. The smallest absolute Gasteiger partial charge is 0.351 e. The van der Waals surface area contributed by atoms with Gasteiger partial charge in [-0.1, -0.05) is 36.4 Å². The molecule has 1 aromatic heterocycles. The molecule has 4 rings (SSSR count). The molecule has 1 aliphatic rings. The summed E-state index contributed by atoms with van der Waals surface area (Å²) in [7, 11) is 0. The second-order valence-corrected chi connectivity index (χ2v) is 6.64. The number of nitrogens with one attached hydrogen (secondary N) is 1. The van der Waals surface area contributed by atoms with E-state index in [4.69, 9.17) is 14.2 Å². The van der Waals surface area contributed by atoms with Gasteiger partial charge in [0, 0.05) is 11.8 Å². The molecule has 1 saturated heterocycles. The van der Waals surface area contributed by atoms with Gasteiger partial charge >= 0.3 is 11.7 Å². The number of anilines is 1. The lowest BCUT2D eigenvalue weighted by molar-refractivity contribution is -0.103. The number of carbonyl (C=O) groups excluding carboxylic acids is 2. The molecule has 9 heteroatoms. The third-order valence-electron chi connectivity index (χ3n) is 4.51. The number of esters is 1. The van der Waals surface area contributed by atoms with Crippen molar-refractivity contribution in [3.05, 3.63) is 94.5 Å². The third kappa shape index (κ3) is 5.03. The Morgan fingerprint density at radius 2 is 1.71 bits per heavy atom. The lowest BCUT2D eigenvalue weighted by Gasteiger charge is -2.14. The van der Waals surface area contributed by atoms with Crippen molar-refractivity contribution in [1.82, 2.24) is 9.55 Å². The first kappa shape index (κ1) is 20.5. The number of hydrogen-bond donors (Lipinski definition) is 1. The topological polar surface area (TPSA) is 109 Å². The van der Waals surface area contributed by atoms with Crippen LogP contribution in [0.25, 0.3) is 0 Å². The second-order valence-electron chi connectivity index (χ2n) is 6.64. The number of carbonyl (C=O) groups is 2. The zero-order valence-corrected chi connectivity index (χ0v) is 16.3. The van der Waals surface area contributed by atoms with E-state index in [9.17, 15) is 14.4 Å². The molecule has 0 spiro atoms. The Bertz CT molecular complexity index is 1120. The first-order valence-corrected chi connectivity index (χ1v) is 9.55. The highest BCUT2D eigenvalue weighted by Gasteiger charge is 2.29. The summed E-state index contributed by atoms with van der Waals surface area (Å²) >= 11 is 0. The molecule has 9 nitrogen and oxygen atoms in total. The van der Waals surface area contributed by atoms with Crippen LogP contribution < -0.4 is 11.0 Å². The van der Waals surface area contributed by atoms with Crippen LogP contribution in [0, 0.1) is 0 Å². The van der Waals surface area contributed by atoms with Crippen LogP contribution in [-0.4, -0.2) is 40.9 Å². The predicted molar refractivity (Wildman–Crippen MR) is 109 cm³/mol. The van der Waals surface area contributed by atoms with Crippen molar-refractivity contribution in [1.29, 1.82) is 0 Å². The van der Waals surface area contributed by atoms with E-state index >= 15 is 0 Å². The third-order valence-corrected chi connectivity index (χ3v) is 4.51. The van der Waals surface area contributed by atoms with E-state index in [1.807, 2.05) is 0 Å². The number of amides is 1. The maximum absolute atomic E-state index is 12.4. The fourth-order valence-corrected chi connectivity index (χ4v) is 2.96. The standard InChI is InChI=1S/C22H19N3O6/c26-20(15-7-3-1-4-8-15)23-17-11-12-25(22(28)24-17)18-13-29-19(31-18)14-30-21(27)16-9-5-2-6-10-16/h1-12,18-19H,13-14H2,(H,23,24,26,28). The SMILES string of the molecule is O=C(Nc1ccn(C2COC(COC(=O)c3ccccc3)O2)c(=O)n1)c1ccccc1. The molecule has 1 aliphatic heterocycles. The average Bonchev–Trinajstić information content (AvgIpc) is 3.27. The maximum atomic E-state index is 12.4. The van der Waals surface area contributed by atoms with Crippen molar-refractivity contribution < 1.29 is 23.8 Å². The van der Waals surface area contributed by atoms with Crippen molar-refractivity contribution in [2.75, 3.05) is 18.5 Å². The molecule has 1 N–H and O–H groups in total. The van der Waals surface area contributed by atoms with Crippen LogP contribution in [0.15, 0.2) is 77.7 Å². The van der Waals surface area contributed by atoms with E-state index in [1.165, 1.54) is 16.8 Å². The minimum Gasteiger partial charge on any atom is -0.457 e. The molecule has 1 amide bonds. The summed E-state index contributed by atoms with van der Waals surface area (Å²) < 4.78 is 17.5. The summed E-state index contributed by atoms with van der Waals surface area (Å²) in [4.78, 5) is 40.5. The molecule has 2 atom stereocenters. The molecular weight excluding hydrogens is 402 g/mol. The van der Waals surface area contributed by atoms with Gasteiger partial charge in [0.25, 0.3) is 5.91 Å². The molecular formula is C22H19N3O6. The minimum atomic E-state index is -0.804. The Morgan fingerprint density at radius 1 is 1.03 bits per heavy atom. The zero-order chi connectivity index (χ0) is 21.6. The zero-order valence-electron chi connectivity index (χ0n) is 16.3. The Hall–Kier alpha value is -3.82. The number of ether oxygens (including phenoxy) is 3. The largest absolute Gasteiger partial charge is 0.457 e. The van der Waals surface area contributed by atoms with Crippen molar-refractivity contribution in [3.63, 3.8) is 0 Å². The highest BCUT2D eigenvalue weighted by molar-refractivity contribution is 6.03. The fraction of sp³-hybridized carbons (Fsp3) is 0.182. The van der Waals surface area contributed by atoms with Gasteiger partial charge in [-0.15, -0.1) is 0 Å². The summed E-state index contributed by atoms with van der Waals surface area (Å²) in [6, 6.07) is 18.7. The predicted octanol–water partition coefficient (Wildman–Crippen LogP) is 2.22. The molecule has 2 heterocycles. The summed E-state index contributed by atoms with van der Waals surface area (Å²) in [5, 5.41) is 2.58. The molecule has 1 fully saturated rings. The van der Waals surface area contributed by atoms with Crippen molar-refractivity contribution in [3.8, 4) is 0 Å². The van der Waals surface area contributed by atoms with Crippen LogP contribution in [0.3, 0.4) is 0 Å². The molecule has 3 aromatic rings. The molecule has 0 bridgehead atoms. The number of aromatic nitrogens is 2. The van der Waals surface area contributed by atoms with E-state index in [2.05, 4.69) is 10.3 Å². The Kier molecular flexibility index (Phi) is 6.16. The highest BCUT2D eigenvalue weighted by Crippen LogP contribution is 2.20. The van der Waals surface area contributed by atoms with Crippen LogP contribution >= 0.6 is 0 Å². The summed E-state index contributed by atoms with van der Waals surface area (Å²) in [5.74, 6) is -0.734. The van der Waals surface area contributed by atoms with E-state index in [0.717, 1.165) is 0 Å². The molecule has 31 heavy (non-hydrogen) atoms. The normalized spacial score (nSPS) is 17.8. The van der Waals surface area contributed by atoms with Crippen molar-refractivity contribution in [2.24, 2.45) is 0 Å². The van der Waals surface area contributed by atoms with Gasteiger partial charge in [0.1, 0.15) is 12.4 Å². The maximum Gasteiger partial charge on any atom is 0.351 e. The van der Waals surface area contributed by atoms with Gasteiger partial charge in [-0.25, -0.2) is 9.59 Å². The second kappa shape index (κ2) is 9.33. The van der Waals surface area contributed by atoms with Crippen LogP contribution in [0.1, 0.15) is 26.9 Å². The molecule has 0 radical (unpaired) electrons. The average molecular weight is 421 g/mol. The van der Waals surface area contributed by atoms with Gasteiger partial charge in [0.2, 0.25) is 0 Å². The van der Waals surface area contributed by atoms with Gasteiger partial charge in [-0.3, -0.25) is 9.36 Å². The minimum absolute atomic E-state index is 0.0882. The van der Waals surface area contributed by atoms with Crippen LogP contribution in [0.2, 0.25) is 0 Å². The van der Waals surface area contributed by atoms with E-state index in [-0.39, 0.29) is 24.9 Å². The first-order chi connectivity index (χ1) is 15.1. The van der Waals surface area contributed by atoms with Gasteiger partial charge < -0.3 is 19.5 Å². The van der Waals surface area contributed by atoms with E-state index < -0.39 is 24.2 Å². The van der Waals surface area contributed by atoms with Crippen LogP contribution in [0.5, 0.6) is 0 Å². The molecule has 2 unspecified atom stereocenters. The quantitative estimate of drug-likeness (QED) is 0.608.